The van der Waals surface area contributed by atoms with Gasteiger partial charge in [0.15, 0.2) is 0 Å². The maximum Gasteiger partial charge on any atom is 0.242 e. The number of hydrogen-bond donors (Lipinski definition) is 1. The summed E-state index contributed by atoms with van der Waals surface area (Å²) < 4.78 is 6.71. The van der Waals surface area contributed by atoms with Crippen molar-refractivity contribution in [1.29, 1.82) is 0 Å². The molecule has 19 heavy (non-hydrogen) atoms. The van der Waals surface area contributed by atoms with Crippen molar-refractivity contribution in [1.82, 2.24) is 20.0 Å². The number of aryl methyl sites for hydroxylation is 1. The van der Waals surface area contributed by atoms with Crippen molar-refractivity contribution in [2.75, 3.05) is 32.8 Å². The zero-order valence-electron chi connectivity index (χ0n) is 11.0. The second kappa shape index (κ2) is 6.33. The lowest BCUT2D eigenvalue weighted by Gasteiger charge is -2.26. The third-order valence-corrected chi connectivity index (χ3v) is 2.87. The molecule has 0 radical (unpaired) electrons. The monoisotopic (exact) mass is 266 g/mol. The van der Waals surface area contributed by atoms with Crippen LogP contribution in [0.3, 0.4) is 0 Å². The molecule has 1 aliphatic heterocycles. The summed E-state index contributed by atoms with van der Waals surface area (Å²) in [5.41, 5.74) is 0.997. The number of rotatable bonds is 4. The summed E-state index contributed by atoms with van der Waals surface area (Å²) in [6.07, 6.45) is 3.47. The topological polar surface area (TPSA) is 76.5 Å². The average Bonchev–Trinajstić information content (AvgIpc) is 2.82. The molecule has 1 N–H and O–H groups in total. The van der Waals surface area contributed by atoms with Crippen molar-refractivity contribution in [3.8, 4) is 0 Å². The maximum atomic E-state index is 11.8. The molecule has 1 aromatic heterocycles. The van der Waals surface area contributed by atoms with Crippen molar-refractivity contribution >= 4 is 11.8 Å². The van der Waals surface area contributed by atoms with Gasteiger partial charge in [-0.05, 0) is 12.5 Å². The van der Waals surface area contributed by atoms with E-state index in [1.165, 1.54) is 0 Å². The van der Waals surface area contributed by atoms with Crippen molar-refractivity contribution in [2.24, 2.45) is 0 Å². The molecule has 1 aliphatic rings. The van der Waals surface area contributed by atoms with E-state index in [1.807, 2.05) is 6.92 Å². The first-order valence-electron chi connectivity index (χ1n) is 6.26. The molecule has 0 saturated carbocycles. The summed E-state index contributed by atoms with van der Waals surface area (Å²) >= 11 is 0. The van der Waals surface area contributed by atoms with Gasteiger partial charge in [-0.2, -0.15) is 5.10 Å². The SMILES string of the molecule is Cc1cnn(CC(=O)NCC(=O)N2CCOCC2)c1. The Hall–Kier alpha value is -1.89. The number of morpholine rings is 1. The fourth-order valence-electron chi connectivity index (χ4n) is 1.86. The van der Waals surface area contributed by atoms with Crippen molar-refractivity contribution in [3.63, 3.8) is 0 Å². The molecule has 1 aromatic rings. The molecule has 7 heteroatoms. The minimum Gasteiger partial charge on any atom is -0.378 e. The van der Waals surface area contributed by atoms with Gasteiger partial charge in [-0.15, -0.1) is 0 Å². The normalized spacial score (nSPS) is 15.3. The second-order valence-electron chi connectivity index (χ2n) is 4.49. The first kappa shape index (κ1) is 13.5. The largest absolute Gasteiger partial charge is 0.378 e. The van der Waals surface area contributed by atoms with Crippen LogP contribution in [0.1, 0.15) is 5.56 Å². The molecular formula is C12H18N4O3. The zero-order chi connectivity index (χ0) is 13.7. The molecular weight excluding hydrogens is 248 g/mol. The molecule has 2 heterocycles. The van der Waals surface area contributed by atoms with Crippen LogP contribution in [0.5, 0.6) is 0 Å². The van der Waals surface area contributed by atoms with Crippen molar-refractivity contribution in [3.05, 3.63) is 18.0 Å². The van der Waals surface area contributed by atoms with Crippen LogP contribution in [0.4, 0.5) is 0 Å². The van der Waals surface area contributed by atoms with E-state index >= 15 is 0 Å². The highest BCUT2D eigenvalue weighted by Crippen LogP contribution is 1.97. The van der Waals surface area contributed by atoms with Gasteiger partial charge in [-0.3, -0.25) is 14.3 Å². The van der Waals surface area contributed by atoms with Gasteiger partial charge < -0.3 is 15.0 Å². The van der Waals surface area contributed by atoms with Gasteiger partial charge in [0.2, 0.25) is 11.8 Å². The molecule has 2 amide bonds. The number of nitrogens with zero attached hydrogens (tertiary/aromatic N) is 3. The number of ether oxygens (including phenoxy) is 1. The first-order valence-corrected chi connectivity index (χ1v) is 6.26. The molecule has 2 rings (SSSR count). The molecule has 0 bridgehead atoms. The molecule has 0 spiro atoms. The van der Waals surface area contributed by atoms with Crippen LogP contribution in [0, 0.1) is 6.92 Å². The Bertz CT molecular complexity index is 452. The van der Waals surface area contributed by atoms with E-state index in [2.05, 4.69) is 10.4 Å². The highest BCUT2D eigenvalue weighted by molar-refractivity contribution is 5.84. The molecule has 104 valence electrons. The molecule has 7 nitrogen and oxygen atoms in total. The van der Waals surface area contributed by atoms with E-state index in [-0.39, 0.29) is 24.9 Å². The van der Waals surface area contributed by atoms with Crippen LogP contribution >= 0.6 is 0 Å². The minimum atomic E-state index is -0.218. The lowest BCUT2D eigenvalue weighted by molar-refractivity contribution is -0.136. The van der Waals surface area contributed by atoms with Gasteiger partial charge in [0, 0.05) is 19.3 Å². The molecule has 0 aliphatic carbocycles. The highest BCUT2D eigenvalue weighted by atomic mass is 16.5. The van der Waals surface area contributed by atoms with E-state index in [9.17, 15) is 9.59 Å². The Morgan fingerprint density at radius 2 is 2.16 bits per heavy atom. The fourth-order valence-corrected chi connectivity index (χ4v) is 1.86. The van der Waals surface area contributed by atoms with Gasteiger partial charge in [0.05, 0.1) is 26.0 Å². The lowest BCUT2D eigenvalue weighted by atomic mass is 10.4. The van der Waals surface area contributed by atoms with Crippen molar-refractivity contribution in [2.45, 2.75) is 13.5 Å². The standard InChI is InChI=1S/C12H18N4O3/c1-10-6-14-16(8-10)9-11(17)13-7-12(18)15-2-4-19-5-3-15/h6,8H,2-5,7,9H2,1H3,(H,13,17). The number of amides is 2. The van der Waals surface area contributed by atoms with Gasteiger partial charge in [-0.1, -0.05) is 0 Å². The van der Waals surface area contributed by atoms with Gasteiger partial charge in [-0.25, -0.2) is 0 Å². The quantitative estimate of drug-likeness (QED) is 0.771. The minimum absolute atomic E-state index is 0.0269. The summed E-state index contributed by atoms with van der Waals surface area (Å²) in [5.74, 6) is -0.294. The number of carbonyl (C=O) groups excluding carboxylic acids is 2. The third-order valence-electron chi connectivity index (χ3n) is 2.87. The van der Waals surface area contributed by atoms with Gasteiger partial charge >= 0.3 is 0 Å². The number of carbonyl (C=O) groups is 2. The van der Waals surface area contributed by atoms with E-state index in [0.717, 1.165) is 5.56 Å². The first-order chi connectivity index (χ1) is 9.15. The highest BCUT2D eigenvalue weighted by Gasteiger charge is 2.17. The number of aromatic nitrogens is 2. The van der Waals surface area contributed by atoms with Crippen LogP contribution < -0.4 is 5.32 Å². The molecule has 0 atom stereocenters. The van der Waals surface area contributed by atoms with E-state index in [1.54, 1.807) is 22.0 Å². The second-order valence-corrected chi connectivity index (χ2v) is 4.49. The van der Waals surface area contributed by atoms with Crippen LogP contribution in [-0.2, 0) is 20.9 Å². The Balaban J connectivity index is 1.72. The predicted octanol–water partition coefficient (Wildman–Crippen LogP) is -0.833. The summed E-state index contributed by atoms with van der Waals surface area (Å²) in [6.45, 7) is 4.37. The van der Waals surface area contributed by atoms with Crippen LogP contribution in [0.15, 0.2) is 12.4 Å². The summed E-state index contributed by atoms with van der Waals surface area (Å²) in [6, 6.07) is 0. The molecule has 1 saturated heterocycles. The summed E-state index contributed by atoms with van der Waals surface area (Å²) in [4.78, 5) is 25.1. The van der Waals surface area contributed by atoms with Gasteiger partial charge in [0.1, 0.15) is 6.54 Å². The molecule has 0 aromatic carbocycles. The average molecular weight is 266 g/mol. The van der Waals surface area contributed by atoms with Gasteiger partial charge in [0.25, 0.3) is 0 Å². The summed E-state index contributed by atoms with van der Waals surface area (Å²) in [7, 11) is 0. The smallest absolute Gasteiger partial charge is 0.242 e. The number of nitrogens with one attached hydrogen (secondary N) is 1. The van der Waals surface area contributed by atoms with E-state index < -0.39 is 0 Å². The number of hydrogen-bond acceptors (Lipinski definition) is 4. The Labute approximate surface area is 111 Å². The van der Waals surface area contributed by atoms with Crippen LogP contribution in [0.2, 0.25) is 0 Å². The Morgan fingerprint density at radius 3 is 2.79 bits per heavy atom. The van der Waals surface area contributed by atoms with Crippen LogP contribution in [0.25, 0.3) is 0 Å². The third kappa shape index (κ3) is 4.06. The van der Waals surface area contributed by atoms with Crippen LogP contribution in [-0.4, -0.2) is 59.3 Å². The van der Waals surface area contributed by atoms with E-state index in [0.29, 0.717) is 26.3 Å². The maximum absolute atomic E-state index is 11.8. The molecule has 1 fully saturated rings. The lowest BCUT2D eigenvalue weighted by Crippen LogP contribution is -2.46. The van der Waals surface area contributed by atoms with E-state index in [4.69, 9.17) is 4.74 Å². The molecule has 0 unspecified atom stereocenters. The fraction of sp³-hybridized carbons (Fsp3) is 0.583. The Kier molecular flexibility index (Phi) is 4.51. The zero-order valence-corrected chi connectivity index (χ0v) is 11.0. The predicted molar refractivity (Wildman–Crippen MR) is 67.4 cm³/mol. The Morgan fingerprint density at radius 1 is 1.42 bits per heavy atom. The summed E-state index contributed by atoms with van der Waals surface area (Å²) in [5, 5.41) is 6.62. The van der Waals surface area contributed by atoms with Crippen molar-refractivity contribution < 1.29 is 14.3 Å².